The van der Waals surface area contributed by atoms with Crippen LogP contribution >= 0.6 is 0 Å². The Labute approximate surface area is 100 Å². The Bertz CT molecular complexity index is 189. The van der Waals surface area contributed by atoms with E-state index in [0.29, 0.717) is 18.0 Å². The molecule has 4 nitrogen and oxygen atoms in total. The number of aliphatic imine (C=N–C) groups is 1. The van der Waals surface area contributed by atoms with E-state index in [9.17, 15) is 0 Å². The monoisotopic (exact) mass is 228 g/mol. The summed E-state index contributed by atoms with van der Waals surface area (Å²) in [5.41, 5.74) is 2.60. The van der Waals surface area contributed by atoms with Gasteiger partial charge in [0.05, 0.1) is 6.04 Å². The van der Waals surface area contributed by atoms with E-state index in [-0.39, 0.29) is 0 Å². The van der Waals surface area contributed by atoms with E-state index in [1.165, 1.54) is 25.7 Å². The number of rotatable bonds is 7. The molecule has 0 aromatic rings. The number of hydrogen-bond acceptors (Lipinski definition) is 2. The molecular formula is C12H28N4. The first-order valence-corrected chi connectivity index (χ1v) is 6.41. The van der Waals surface area contributed by atoms with Crippen LogP contribution in [0.15, 0.2) is 4.99 Å². The third kappa shape index (κ3) is 8.53. The minimum atomic E-state index is 0.328. The smallest absolute Gasteiger partial charge is 0.206 e. The van der Waals surface area contributed by atoms with E-state index >= 15 is 0 Å². The van der Waals surface area contributed by atoms with Crippen molar-refractivity contribution >= 4 is 5.96 Å². The zero-order valence-corrected chi connectivity index (χ0v) is 11.2. The highest BCUT2D eigenvalue weighted by Crippen LogP contribution is 2.07. The molecule has 0 spiro atoms. The van der Waals surface area contributed by atoms with Crippen LogP contribution in [0.4, 0.5) is 0 Å². The molecule has 0 saturated carbocycles. The molecule has 1 atom stereocenters. The number of nitrogens with one attached hydrogen (secondary N) is 2. The molecule has 4 N–H and O–H groups in total. The van der Waals surface area contributed by atoms with Crippen molar-refractivity contribution in [2.75, 3.05) is 0 Å². The quantitative estimate of drug-likeness (QED) is 0.206. The van der Waals surface area contributed by atoms with Crippen molar-refractivity contribution in [3.8, 4) is 0 Å². The van der Waals surface area contributed by atoms with E-state index < -0.39 is 0 Å². The van der Waals surface area contributed by atoms with Gasteiger partial charge in [0, 0.05) is 6.04 Å². The zero-order chi connectivity index (χ0) is 12.4. The number of guanidine groups is 1. The normalized spacial score (nSPS) is 14.0. The first-order chi connectivity index (χ1) is 7.60. The summed E-state index contributed by atoms with van der Waals surface area (Å²) in [6.07, 6.45) is 6.28. The van der Waals surface area contributed by atoms with Gasteiger partial charge >= 0.3 is 0 Å². The molecule has 0 aliphatic heterocycles. The van der Waals surface area contributed by atoms with Crippen molar-refractivity contribution in [3.63, 3.8) is 0 Å². The lowest BCUT2D eigenvalue weighted by atomic mass is 10.1. The van der Waals surface area contributed by atoms with E-state index in [2.05, 4.69) is 43.4 Å². The van der Waals surface area contributed by atoms with Gasteiger partial charge in [0.15, 0.2) is 0 Å². The number of nitrogens with zero attached hydrogens (tertiary/aromatic N) is 1. The van der Waals surface area contributed by atoms with Crippen molar-refractivity contribution in [3.05, 3.63) is 0 Å². The zero-order valence-electron chi connectivity index (χ0n) is 11.2. The Kier molecular flexibility index (Phi) is 9.00. The fourth-order valence-corrected chi connectivity index (χ4v) is 1.54. The molecule has 0 aliphatic carbocycles. The number of nitrogens with two attached hydrogens (primary N) is 1. The maximum atomic E-state index is 5.40. The van der Waals surface area contributed by atoms with Crippen molar-refractivity contribution in [2.45, 2.75) is 71.9 Å². The molecule has 0 saturated heterocycles. The van der Waals surface area contributed by atoms with Gasteiger partial charge in [-0.3, -0.25) is 5.43 Å². The van der Waals surface area contributed by atoms with E-state index in [1.54, 1.807) is 0 Å². The van der Waals surface area contributed by atoms with Crippen LogP contribution in [0.3, 0.4) is 0 Å². The van der Waals surface area contributed by atoms with Crippen LogP contribution in [-0.2, 0) is 0 Å². The molecule has 96 valence electrons. The molecule has 0 fully saturated rings. The second-order valence-electron chi connectivity index (χ2n) is 4.62. The molecule has 0 amide bonds. The lowest BCUT2D eigenvalue weighted by molar-refractivity contribution is 0.570. The summed E-state index contributed by atoms with van der Waals surface area (Å²) in [6, 6.07) is 0.677. The first-order valence-electron chi connectivity index (χ1n) is 6.41. The summed E-state index contributed by atoms with van der Waals surface area (Å²) in [5.74, 6) is 6.10. The van der Waals surface area contributed by atoms with Crippen molar-refractivity contribution < 1.29 is 0 Å². The maximum absolute atomic E-state index is 5.40. The highest BCUT2D eigenvalue weighted by molar-refractivity contribution is 5.79. The van der Waals surface area contributed by atoms with Crippen molar-refractivity contribution in [1.82, 2.24) is 10.7 Å². The molecule has 0 rings (SSSR count). The Morgan fingerprint density at radius 3 is 2.38 bits per heavy atom. The van der Waals surface area contributed by atoms with Gasteiger partial charge in [0.25, 0.3) is 0 Å². The van der Waals surface area contributed by atoms with Crippen LogP contribution in [0, 0.1) is 0 Å². The van der Waals surface area contributed by atoms with Crippen molar-refractivity contribution in [2.24, 2.45) is 10.8 Å². The molecule has 16 heavy (non-hydrogen) atoms. The number of hydrazine groups is 1. The first kappa shape index (κ1) is 15.2. The molecule has 4 heteroatoms. The average molecular weight is 228 g/mol. The Balaban J connectivity index is 3.86. The minimum Gasteiger partial charge on any atom is -0.353 e. The van der Waals surface area contributed by atoms with Crippen LogP contribution in [0.25, 0.3) is 0 Å². The summed E-state index contributed by atoms with van der Waals surface area (Å²) < 4.78 is 0. The highest BCUT2D eigenvalue weighted by atomic mass is 15.3. The molecule has 0 aliphatic rings. The van der Waals surface area contributed by atoms with Crippen LogP contribution in [0.2, 0.25) is 0 Å². The average Bonchev–Trinajstić information content (AvgIpc) is 2.23. The van der Waals surface area contributed by atoms with E-state index in [0.717, 1.165) is 6.42 Å². The lowest BCUT2D eigenvalue weighted by Gasteiger charge is -2.14. The van der Waals surface area contributed by atoms with Crippen LogP contribution in [-0.4, -0.2) is 18.0 Å². The van der Waals surface area contributed by atoms with Crippen LogP contribution < -0.4 is 16.6 Å². The number of unbranched alkanes of at least 4 members (excludes halogenated alkanes) is 3. The third-order valence-corrected chi connectivity index (χ3v) is 2.39. The third-order valence-electron chi connectivity index (χ3n) is 2.39. The Hall–Kier alpha value is -0.770. The Morgan fingerprint density at radius 2 is 1.88 bits per heavy atom. The SMILES string of the molecule is CCCCCCC(C)N=C(NN)NC(C)C. The summed E-state index contributed by atoms with van der Waals surface area (Å²) >= 11 is 0. The van der Waals surface area contributed by atoms with Crippen LogP contribution in [0.1, 0.15) is 59.8 Å². The fraction of sp³-hybridized carbons (Fsp3) is 0.917. The summed E-state index contributed by atoms with van der Waals surface area (Å²) in [7, 11) is 0. The fourth-order valence-electron chi connectivity index (χ4n) is 1.54. The van der Waals surface area contributed by atoms with E-state index in [1.807, 2.05) is 0 Å². The molecule has 0 aromatic carbocycles. The van der Waals surface area contributed by atoms with Crippen molar-refractivity contribution in [1.29, 1.82) is 0 Å². The van der Waals surface area contributed by atoms with Crippen LogP contribution in [0.5, 0.6) is 0 Å². The van der Waals surface area contributed by atoms with Gasteiger partial charge in [-0.25, -0.2) is 10.8 Å². The van der Waals surface area contributed by atoms with Gasteiger partial charge in [-0.2, -0.15) is 0 Å². The molecule has 0 aromatic heterocycles. The second kappa shape index (κ2) is 9.46. The Morgan fingerprint density at radius 1 is 1.19 bits per heavy atom. The predicted octanol–water partition coefficient (Wildman–Crippen LogP) is 2.16. The topological polar surface area (TPSA) is 62.4 Å². The van der Waals surface area contributed by atoms with Gasteiger partial charge in [0.1, 0.15) is 0 Å². The molecule has 0 heterocycles. The molecule has 0 bridgehead atoms. The van der Waals surface area contributed by atoms with Gasteiger partial charge in [-0.15, -0.1) is 0 Å². The largest absolute Gasteiger partial charge is 0.353 e. The predicted molar refractivity (Wildman–Crippen MR) is 71.3 cm³/mol. The highest BCUT2D eigenvalue weighted by Gasteiger charge is 2.03. The van der Waals surface area contributed by atoms with Gasteiger partial charge in [-0.05, 0) is 27.2 Å². The lowest BCUT2D eigenvalue weighted by Crippen LogP contribution is -2.45. The van der Waals surface area contributed by atoms with E-state index in [4.69, 9.17) is 5.84 Å². The maximum Gasteiger partial charge on any atom is 0.206 e. The van der Waals surface area contributed by atoms with Gasteiger partial charge < -0.3 is 5.32 Å². The van der Waals surface area contributed by atoms with Gasteiger partial charge in [0.2, 0.25) is 5.96 Å². The molecule has 1 unspecified atom stereocenters. The molecular weight excluding hydrogens is 200 g/mol. The summed E-state index contributed by atoms with van der Waals surface area (Å²) in [5, 5.41) is 3.18. The standard InChI is InChI=1S/C12H28N4/c1-5-6-7-8-9-11(4)15-12(16-13)14-10(2)3/h10-11H,5-9,13H2,1-4H3,(H2,14,15,16). The summed E-state index contributed by atoms with van der Waals surface area (Å²) in [4.78, 5) is 4.50. The molecule has 0 radical (unpaired) electrons. The minimum absolute atomic E-state index is 0.328. The number of hydrogen-bond donors (Lipinski definition) is 3. The summed E-state index contributed by atoms with van der Waals surface area (Å²) in [6.45, 7) is 8.49. The van der Waals surface area contributed by atoms with Gasteiger partial charge in [-0.1, -0.05) is 32.6 Å². The second-order valence-corrected chi connectivity index (χ2v) is 4.62.